The van der Waals surface area contributed by atoms with E-state index in [1.54, 1.807) is 12.3 Å². The van der Waals surface area contributed by atoms with Crippen LogP contribution in [0.3, 0.4) is 0 Å². The SMILES string of the molecule is C[C@H](N)C1[C@H]2CN(Cc3ccc(-n4ccc(N)nc4=O)cc3)C[C@@H]12. The first-order valence-corrected chi connectivity index (χ1v) is 8.45. The van der Waals surface area contributed by atoms with Crippen LogP contribution < -0.4 is 17.2 Å². The summed E-state index contributed by atoms with van der Waals surface area (Å²) >= 11 is 0. The maximum absolute atomic E-state index is 11.9. The molecule has 1 aromatic heterocycles. The van der Waals surface area contributed by atoms with Gasteiger partial charge in [-0.3, -0.25) is 9.47 Å². The van der Waals surface area contributed by atoms with Crippen molar-refractivity contribution in [3.05, 3.63) is 52.6 Å². The number of rotatable bonds is 4. The predicted molar refractivity (Wildman–Crippen MR) is 93.6 cm³/mol. The highest BCUT2D eigenvalue weighted by atomic mass is 16.1. The third kappa shape index (κ3) is 2.72. The first-order chi connectivity index (χ1) is 11.5. The molecule has 1 aromatic carbocycles. The molecule has 4 atom stereocenters. The summed E-state index contributed by atoms with van der Waals surface area (Å²) in [6.07, 6.45) is 1.65. The van der Waals surface area contributed by atoms with Crippen LogP contribution >= 0.6 is 0 Å². The van der Waals surface area contributed by atoms with Crippen LogP contribution in [0.2, 0.25) is 0 Å². The lowest BCUT2D eigenvalue weighted by Crippen LogP contribution is -2.29. The Balaban J connectivity index is 1.41. The summed E-state index contributed by atoms with van der Waals surface area (Å²) in [5.41, 5.74) is 13.3. The van der Waals surface area contributed by atoms with Crippen molar-refractivity contribution in [2.45, 2.75) is 19.5 Å². The van der Waals surface area contributed by atoms with E-state index in [-0.39, 0.29) is 11.5 Å². The minimum absolute atomic E-state index is 0.241. The van der Waals surface area contributed by atoms with Crippen LogP contribution in [0.4, 0.5) is 5.82 Å². The van der Waals surface area contributed by atoms with Crippen molar-refractivity contribution < 1.29 is 0 Å². The molecule has 0 bridgehead atoms. The lowest BCUT2D eigenvalue weighted by molar-refractivity contribution is 0.270. The van der Waals surface area contributed by atoms with Gasteiger partial charge in [0.2, 0.25) is 0 Å². The van der Waals surface area contributed by atoms with Crippen LogP contribution in [0.15, 0.2) is 41.3 Å². The minimum atomic E-state index is -0.357. The minimum Gasteiger partial charge on any atom is -0.383 e. The molecule has 1 saturated heterocycles. The van der Waals surface area contributed by atoms with E-state index in [9.17, 15) is 4.79 Å². The lowest BCUT2D eigenvalue weighted by Gasteiger charge is -2.20. The maximum Gasteiger partial charge on any atom is 0.354 e. The second-order valence-electron chi connectivity index (χ2n) is 7.13. The van der Waals surface area contributed by atoms with E-state index in [0.717, 1.165) is 43.1 Å². The fourth-order valence-corrected chi connectivity index (χ4v) is 4.20. The van der Waals surface area contributed by atoms with Gasteiger partial charge in [0, 0.05) is 31.9 Å². The van der Waals surface area contributed by atoms with Gasteiger partial charge >= 0.3 is 5.69 Å². The van der Waals surface area contributed by atoms with Gasteiger partial charge in [-0.1, -0.05) is 12.1 Å². The quantitative estimate of drug-likeness (QED) is 0.869. The van der Waals surface area contributed by atoms with E-state index in [1.807, 2.05) is 12.1 Å². The highest BCUT2D eigenvalue weighted by molar-refractivity contribution is 5.36. The summed E-state index contributed by atoms with van der Waals surface area (Å²) in [5, 5.41) is 0. The number of hydrogen-bond acceptors (Lipinski definition) is 5. The molecule has 1 unspecified atom stereocenters. The topological polar surface area (TPSA) is 90.2 Å². The molecule has 24 heavy (non-hydrogen) atoms. The molecule has 2 fully saturated rings. The van der Waals surface area contributed by atoms with Gasteiger partial charge < -0.3 is 11.5 Å². The molecular formula is C18H23N5O. The first kappa shape index (κ1) is 15.4. The molecule has 6 nitrogen and oxygen atoms in total. The molecule has 0 amide bonds. The molecule has 4 rings (SSSR count). The molecule has 2 aromatic rings. The molecule has 2 heterocycles. The Morgan fingerprint density at radius 3 is 2.46 bits per heavy atom. The third-order valence-electron chi connectivity index (χ3n) is 5.39. The van der Waals surface area contributed by atoms with Gasteiger partial charge in [-0.15, -0.1) is 0 Å². The largest absolute Gasteiger partial charge is 0.383 e. The Hall–Kier alpha value is -2.18. The van der Waals surface area contributed by atoms with E-state index in [2.05, 4.69) is 28.9 Å². The number of aromatic nitrogens is 2. The van der Waals surface area contributed by atoms with E-state index < -0.39 is 0 Å². The van der Waals surface area contributed by atoms with Crippen molar-refractivity contribution in [3.8, 4) is 5.69 Å². The molecule has 1 aliphatic heterocycles. The van der Waals surface area contributed by atoms with E-state index in [4.69, 9.17) is 11.5 Å². The van der Waals surface area contributed by atoms with Gasteiger partial charge in [0.15, 0.2) is 0 Å². The van der Waals surface area contributed by atoms with Crippen LogP contribution in [0.5, 0.6) is 0 Å². The molecule has 126 valence electrons. The Labute approximate surface area is 141 Å². The molecular weight excluding hydrogens is 302 g/mol. The monoisotopic (exact) mass is 325 g/mol. The smallest absolute Gasteiger partial charge is 0.354 e. The van der Waals surface area contributed by atoms with Crippen molar-refractivity contribution >= 4 is 5.82 Å². The Kier molecular flexibility index (Phi) is 3.66. The van der Waals surface area contributed by atoms with Crippen LogP contribution in [0, 0.1) is 17.8 Å². The Morgan fingerprint density at radius 1 is 1.21 bits per heavy atom. The maximum atomic E-state index is 11.9. The molecule has 4 N–H and O–H groups in total. The van der Waals surface area contributed by atoms with Gasteiger partial charge in [0.25, 0.3) is 0 Å². The molecule has 0 spiro atoms. The van der Waals surface area contributed by atoms with Crippen molar-refractivity contribution in [3.63, 3.8) is 0 Å². The Bertz CT molecular complexity index is 786. The average molecular weight is 325 g/mol. The molecule has 0 radical (unpaired) electrons. The molecule has 6 heteroatoms. The normalized spacial score (nSPS) is 27.0. The number of piperidine rings is 1. The van der Waals surface area contributed by atoms with Crippen molar-refractivity contribution in [2.24, 2.45) is 23.5 Å². The third-order valence-corrected chi connectivity index (χ3v) is 5.39. The summed E-state index contributed by atoms with van der Waals surface area (Å²) in [6.45, 7) is 5.38. The van der Waals surface area contributed by atoms with E-state index in [1.165, 1.54) is 10.1 Å². The second-order valence-corrected chi connectivity index (χ2v) is 7.13. The highest BCUT2D eigenvalue weighted by Gasteiger charge is 2.56. The van der Waals surface area contributed by atoms with Crippen LogP contribution in [0.25, 0.3) is 5.69 Å². The predicted octanol–water partition coefficient (Wildman–Crippen LogP) is 0.840. The van der Waals surface area contributed by atoms with Gasteiger partial charge in [-0.05, 0) is 48.4 Å². The fourth-order valence-electron chi connectivity index (χ4n) is 4.20. The molecule has 2 aliphatic rings. The van der Waals surface area contributed by atoms with Gasteiger partial charge in [-0.25, -0.2) is 4.79 Å². The number of anilines is 1. The number of nitrogens with two attached hydrogens (primary N) is 2. The average Bonchev–Trinajstić information content (AvgIpc) is 3.06. The van der Waals surface area contributed by atoms with E-state index >= 15 is 0 Å². The number of nitrogen functional groups attached to an aromatic ring is 1. The second kappa shape index (κ2) is 5.72. The summed E-state index contributed by atoms with van der Waals surface area (Å²) < 4.78 is 1.50. The van der Waals surface area contributed by atoms with Crippen LogP contribution in [-0.4, -0.2) is 33.6 Å². The highest BCUT2D eigenvalue weighted by Crippen LogP contribution is 2.53. The lowest BCUT2D eigenvalue weighted by atomic mass is 10.1. The zero-order chi connectivity index (χ0) is 16.8. The zero-order valence-electron chi connectivity index (χ0n) is 13.8. The van der Waals surface area contributed by atoms with Crippen molar-refractivity contribution in [2.75, 3.05) is 18.8 Å². The standard InChI is InChI=1S/C18H23N5O/c1-11(19)17-14-9-22(10-15(14)17)8-12-2-4-13(5-3-12)23-7-6-16(20)21-18(23)24/h2-7,11,14-15,17H,8-10,19H2,1H3,(H2,20,21,24)/t11-,14-,15+,17?/m0/s1. The van der Waals surface area contributed by atoms with Crippen molar-refractivity contribution in [1.29, 1.82) is 0 Å². The van der Waals surface area contributed by atoms with Crippen LogP contribution in [-0.2, 0) is 6.54 Å². The van der Waals surface area contributed by atoms with Gasteiger partial charge in [0.05, 0.1) is 5.69 Å². The number of fused-ring (bicyclic) bond motifs is 1. The Morgan fingerprint density at radius 2 is 1.88 bits per heavy atom. The fraction of sp³-hybridized carbons (Fsp3) is 0.444. The summed E-state index contributed by atoms with van der Waals surface area (Å²) in [6, 6.07) is 10.0. The number of nitrogens with zero attached hydrogens (tertiary/aromatic N) is 3. The number of hydrogen-bond donors (Lipinski definition) is 2. The molecule has 1 aliphatic carbocycles. The van der Waals surface area contributed by atoms with Crippen LogP contribution in [0.1, 0.15) is 12.5 Å². The number of benzene rings is 1. The summed E-state index contributed by atoms with van der Waals surface area (Å²) in [4.78, 5) is 18.1. The van der Waals surface area contributed by atoms with E-state index in [0.29, 0.717) is 6.04 Å². The summed E-state index contributed by atoms with van der Waals surface area (Å²) in [7, 11) is 0. The molecule has 1 saturated carbocycles. The number of likely N-dealkylation sites (tertiary alicyclic amines) is 1. The van der Waals surface area contributed by atoms with Gasteiger partial charge in [0.1, 0.15) is 5.82 Å². The zero-order valence-corrected chi connectivity index (χ0v) is 13.8. The summed E-state index contributed by atoms with van der Waals surface area (Å²) in [5.74, 6) is 2.56. The van der Waals surface area contributed by atoms with Crippen molar-refractivity contribution in [1.82, 2.24) is 14.5 Å². The first-order valence-electron chi connectivity index (χ1n) is 8.45. The van der Waals surface area contributed by atoms with Gasteiger partial charge in [-0.2, -0.15) is 4.98 Å².